The topological polar surface area (TPSA) is 70.9 Å². The first-order valence-electron chi connectivity index (χ1n) is 4.80. The molecule has 1 aromatic rings. The van der Waals surface area contributed by atoms with Crippen molar-refractivity contribution in [2.24, 2.45) is 5.18 Å². The highest BCUT2D eigenvalue weighted by Gasteiger charge is 2.21. The van der Waals surface area contributed by atoms with Crippen LogP contribution in [0, 0.1) is 4.91 Å². The summed E-state index contributed by atoms with van der Waals surface area (Å²) in [4.78, 5) is 10.6. The molecule has 80 valence electrons. The quantitative estimate of drug-likeness (QED) is 0.721. The summed E-state index contributed by atoms with van der Waals surface area (Å²) in [5.41, 5.74) is 0.711. The Morgan fingerprint density at radius 3 is 3.07 bits per heavy atom. The molecular weight excluding hydrogens is 196 g/mol. The standard InChI is InChI=1S/C10H12N2O3/c13-8-3-1-2-7(10(8)12-14)9-6-11-4-5-15-9/h1-3,9,11,13H,4-6H2. The van der Waals surface area contributed by atoms with Gasteiger partial charge in [0.05, 0.1) is 12.7 Å². The van der Waals surface area contributed by atoms with Crippen molar-refractivity contribution >= 4 is 5.69 Å². The van der Waals surface area contributed by atoms with E-state index in [4.69, 9.17) is 4.74 Å². The van der Waals surface area contributed by atoms with Gasteiger partial charge in [-0.25, -0.2) is 0 Å². The largest absolute Gasteiger partial charge is 0.506 e. The minimum absolute atomic E-state index is 0.0752. The van der Waals surface area contributed by atoms with Gasteiger partial charge in [0.15, 0.2) is 5.69 Å². The zero-order chi connectivity index (χ0) is 10.7. The lowest BCUT2D eigenvalue weighted by atomic mass is 10.1. The first kappa shape index (κ1) is 10.1. The van der Waals surface area contributed by atoms with Crippen LogP contribution in [0.3, 0.4) is 0 Å². The van der Waals surface area contributed by atoms with E-state index >= 15 is 0 Å². The van der Waals surface area contributed by atoms with Gasteiger partial charge in [-0.15, -0.1) is 4.91 Å². The van der Waals surface area contributed by atoms with Crippen molar-refractivity contribution in [1.82, 2.24) is 5.32 Å². The number of nitroso groups, excluding NO2 is 1. The van der Waals surface area contributed by atoms with Crippen LogP contribution in [0.1, 0.15) is 11.7 Å². The molecule has 0 aromatic heterocycles. The Labute approximate surface area is 87.0 Å². The SMILES string of the molecule is O=Nc1c(O)cccc1C1CNCCO1. The third-order valence-corrected chi connectivity index (χ3v) is 2.41. The number of aromatic hydroxyl groups is 1. The van der Waals surface area contributed by atoms with Crippen LogP contribution in [0.4, 0.5) is 5.69 Å². The summed E-state index contributed by atoms with van der Waals surface area (Å²) in [6.45, 7) is 2.03. The van der Waals surface area contributed by atoms with E-state index in [9.17, 15) is 10.0 Å². The number of phenols is 1. The number of phenolic OH excluding ortho intramolecular Hbond substituents is 1. The number of hydrogen-bond donors (Lipinski definition) is 2. The fourth-order valence-electron chi connectivity index (χ4n) is 1.67. The summed E-state index contributed by atoms with van der Waals surface area (Å²) in [7, 11) is 0. The molecule has 1 fully saturated rings. The summed E-state index contributed by atoms with van der Waals surface area (Å²) in [5, 5.41) is 15.4. The van der Waals surface area contributed by atoms with Crippen molar-refractivity contribution in [1.29, 1.82) is 0 Å². The Bertz CT molecular complexity index is 362. The highest BCUT2D eigenvalue weighted by atomic mass is 16.5. The van der Waals surface area contributed by atoms with Gasteiger partial charge in [0.2, 0.25) is 0 Å². The maximum absolute atomic E-state index is 10.6. The molecule has 1 saturated heterocycles. The molecule has 1 atom stereocenters. The maximum atomic E-state index is 10.6. The van der Waals surface area contributed by atoms with Gasteiger partial charge in [-0.05, 0) is 11.2 Å². The Morgan fingerprint density at radius 1 is 1.53 bits per heavy atom. The number of rotatable bonds is 2. The number of nitrogens with zero attached hydrogens (tertiary/aromatic N) is 1. The second-order valence-corrected chi connectivity index (χ2v) is 3.37. The number of morpholine rings is 1. The van der Waals surface area contributed by atoms with E-state index in [1.165, 1.54) is 6.07 Å². The molecule has 1 aliphatic heterocycles. The van der Waals surface area contributed by atoms with Crippen LogP contribution in [-0.2, 0) is 4.74 Å². The van der Waals surface area contributed by atoms with Crippen LogP contribution >= 0.6 is 0 Å². The molecule has 15 heavy (non-hydrogen) atoms. The van der Waals surface area contributed by atoms with E-state index in [2.05, 4.69) is 10.5 Å². The second-order valence-electron chi connectivity index (χ2n) is 3.37. The van der Waals surface area contributed by atoms with E-state index in [1.807, 2.05) is 0 Å². The summed E-state index contributed by atoms with van der Waals surface area (Å²) in [5.74, 6) is -0.100. The number of hydrogen-bond acceptors (Lipinski definition) is 5. The highest BCUT2D eigenvalue weighted by molar-refractivity contribution is 5.57. The van der Waals surface area contributed by atoms with Crippen LogP contribution in [0.2, 0.25) is 0 Å². The third kappa shape index (κ3) is 1.98. The lowest BCUT2D eigenvalue weighted by Crippen LogP contribution is -2.33. The van der Waals surface area contributed by atoms with Gasteiger partial charge in [-0.2, -0.15) is 0 Å². The van der Waals surface area contributed by atoms with Gasteiger partial charge >= 0.3 is 0 Å². The molecular formula is C10H12N2O3. The Kier molecular flexibility index (Phi) is 2.94. The average Bonchev–Trinajstić information content (AvgIpc) is 2.30. The predicted octanol–water partition coefficient (Wildman–Crippen LogP) is 1.45. The third-order valence-electron chi connectivity index (χ3n) is 2.41. The molecule has 2 rings (SSSR count). The molecule has 2 N–H and O–H groups in total. The van der Waals surface area contributed by atoms with Gasteiger partial charge in [0.25, 0.3) is 0 Å². The first-order valence-corrected chi connectivity index (χ1v) is 4.80. The smallest absolute Gasteiger partial charge is 0.155 e. The van der Waals surface area contributed by atoms with E-state index in [-0.39, 0.29) is 17.5 Å². The zero-order valence-electron chi connectivity index (χ0n) is 8.14. The minimum atomic E-state index is -0.210. The number of ether oxygens (including phenoxy) is 1. The van der Waals surface area contributed by atoms with Crippen LogP contribution in [0.15, 0.2) is 23.4 Å². The molecule has 0 aliphatic carbocycles. The summed E-state index contributed by atoms with van der Waals surface area (Å²) >= 11 is 0. The molecule has 1 aromatic carbocycles. The lowest BCUT2D eigenvalue weighted by Gasteiger charge is -2.24. The van der Waals surface area contributed by atoms with Gasteiger partial charge in [-0.1, -0.05) is 12.1 Å². The normalized spacial score (nSPS) is 21.2. The molecule has 1 unspecified atom stereocenters. The Morgan fingerprint density at radius 2 is 2.40 bits per heavy atom. The van der Waals surface area contributed by atoms with Crippen molar-refractivity contribution < 1.29 is 9.84 Å². The average molecular weight is 208 g/mol. The highest BCUT2D eigenvalue weighted by Crippen LogP contribution is 2.35. The van der Waals surface area contributed by atoms with E-state index in [1.54, 1.807) is 12.1 Å². The molecule has 5 heteroatoms. The van der Waals surface area contributed by atoms with Crippen molar-refractivity contribution in [2.75, 3.05) is 19.7 Å². The zero-order valence-corrected chi connectivity index (χ0v) is 8.14. The van der Waals surface area contributed by atoms with Gasteiger partial charge in [0.1, 0.15) is 5.75 Å². The van der Waals surface area contributed by atoms with Crippen molar-refractivity contribution in [3.63, 3.8) is 0 Å². The fourth-order valence-corrected chi connectivity index (χ4v) is 1.67. The van der Waals surface area contributed by atoms with Crippen molar-refractivity contribution in [3.05, 3.63) is 28.7 Å². The van der Waals surface area contributed by atoms with Crippen LogP contribution in [0.25, 0.3) is 0 Å². The summed E-state index contributed by atoms with van der Waals surface area (Å²) < 4.78 is 5.49. The van der Waals surface area contributed by atoms with E-state index in [0.717, 1.165) is 6.54 Å². The number of nitrogens with one attached hydrogen (secondary N) is 1. The molecule has 1 heterocycles. The van der Waals surface area contributed by atoms with Gasteiger partial charge in [-0.3, -0.25) is 0 Å². The molecule has 5 nitrogen and oxygen atoms in total. The predicted molar refractivity (Wildman–Crippen MR) is 55.1 cm³/mol. The van der Waals surface area contributed by atoms with Crippen molar-refractivity contribution in [2.45, 2.75) is 6.10 Å². The van der Waals surface area contributed by atoms with Gasteiger partial charge in [0, 0.05) is 18.7 Å². The molecule has 0 amide bonds. The Balaban J connectivity index is 2.33. The fraction of sp³-hybridized carbons (Fsp3) is 0.400. The number of benzene rings is 1. The maximum Gasteiger partial charge on any atom is 0.155 e. The molecule has 0 saturated carbocycles. The lowest BCUT2D eigenvalue weighted by molar-refractivity contribution is 0.0279. The Hall–Kier alpha value is -1.46. The summed E-state index contributed by atoms with van der Waals surface area (Å²) in [6.07, 6.45) is -0.210. The van der Waals surface area contributed by atoms with E-state index in [0.29, 0.717) is 18.7 Å². The van der Waals surface area contributed by atoms with Gasteiger partial charge < -0.3 is 15.2 Å². The monoisotopic (exact) mass is 208 g/mol. The second kappa shape index (κ2) is 4.37. The van der Waals surface area contributed by atoms with Crippen molar-refractivity contribution in [3.8, 4) is 5.75 Å². The van der Waals surface area contributed by atoms with Crippen LogP contribution in [-0.4, -0.2) is 24.8 Å². The summed E-state index contributed by atoms with van der Waals surface area (Å²) in [6, 6.07) is 4.86. The van der Waals surface area contributed by atoms with Crippen LogP contribution in [0.5, 0.6) is 5.75 Å². The first-order chi connectivity index (χ1) is 7.33. The molecule has 0 bridgehead atoms. The van der Waals surface area contributed by atoms with E-state index < -0.39 is 0 Å². The molecule has 0 spiro atoms. The minimum Gasteiger partial charge on any atom is -0.506 e. The molecule has 0 radical (unpaired) electrons. The van der Waals surface area contributed by atoms with Crippen LogP contribution < -0.4 is 5.32 Å². The molecule has 1 aliphatic rings.